The number of hydrogen-bond acceptors (Lipinski definition) is 5. The molecule has 5 nitrogen and oxygen atoms in total. The fourth-order valence-electron chi connectivity index (χ4n) is 1.01. The third kappa shape index (κ3) is 3.15. The van der Waals surface area contributed by atoms with Gasteiger partial charge in [-0.3, -0.25) is 9.59 Å². The molecule has 1 rings (SSSR count). The summed E-state index contributed by atoms with van der Waals surface area (Å²) in [5.74, 6) is -1.12. The van der Waals surface area contributed by atoms with Crippen molar-refractivity contribution in [1.82, 2.24) is 0 Å². The Kier molecular flexibility index (Phi) is 4.16. The number of ketones is 2. The van der Waals surface area contributed by atoms with Crippen molar-refractivity contribution < 1.29 is 19.1 Å². The number of aliphatic hydroxyl groups is 1. The van der Waals surface area contributed by atoms with Crippen LogP contribution in [0.1, 0.15) is 12.7 Å². The Morgan fingerprint density at radius 3 is 2.75 bits per heavy atom. The minimum Gasteiger partial charge on any atom is -0.465 e. The van der Waals surface area contributed by atoms with Gasteiger partial charge in [-0.05, 0) is 31.2 Å². The van der Waals surface area contributed by atoms with Crippen molar-refractivity contribution in [2.24, 2.45) is 5.73 Å². The third-order valence-electron chi connectivity index (χ3n) is 2.01. The summed E-state index contributed by atoms with van der Waals surface area (Å²) in [6.07, 6.45) is 2.85. The van der Waals surface area contributed by atoms with Crippen molar-refractivity contribution in [3.05, 3.63) is 30.2 Å². The van der Waals surface area contributed by atoms with Crippen LogP contribution >= 0.6 is 0 Å². The summed E-state index contributed by atoms with van der Waals surface area (Å²) >= 11 is 0. The second-order valence-electron chi connectivity index (χ2n) is 3.34. The second-order valence-corrected chi connectivity index (χ2v) is 3.34. The molecular formula is C11H13NO4. The van der Waals surface area contributed by atoms with Crippen LogP contribution in [0, 0.1) is 0 Å². The van der Waals surface area contributed by atoms with Crippen LogP contribution in [-0.2, 0) is 9.59 Å². The largest absolute Gasteiger partial charge is 0.465 e. The van der Waals surface area contributed by atoms with Crippen molar-refractivity contribution in [2.75, 3.05) is 0 Å². The molecule has 0 aromatic carbocycles. The van der Waals surface area contributed by atoms with E-state index >= 15 is 0 Å². The zero-order valence-corrected chi connectivity index (χ0v) is 8.79. The highest BCUT2D eigenvalue weighted by atomic mass is 16.3. The zero-order valence-electron chi connectivity index (χ0n) is 8.79. The summed E-state index contributed by atoms with van der Waals surface area (Å²) < 4.78 is 4.94. The van der Waals surface area contributed by atoms with E-state index in [1.54, 1.807) is 12.1 Å². The quantitative estimate of drug-likeness (QED) is 0.547. The average molecular weight is 223 g/mol. The molecule has 2 atom stereocenters. The van der Waals surface area contributed by atoms with Gasteiger partial charge in [0.1, 0.15) is 5.76 Å². The second kappa shape index (κ2) is 5.39. The van der Waals surface area contributed by atoms with Gasteiger partial charge in [0.2, 0.25) is 11.6 Å². The number of nitrogens with two attached hydrogens (primary N) is 1. The number of carbonyl (C=O) groups is 2. The summed E-state index contributed by atoms with van der Waals surface area (Å²) in [5, 5.41) is 9.05. The van der Waals surface area contributed by atoms with Crippen LogP contribution in [0.15, 0.2) is 28.9 Å². The molecular weight excluding hydrogens is 210 g/mol. The van der Waals surface area contributed by atoms with Crippen molar-refractivity contribution in [3.8, 4) is 0 Å². The monoisotopic (exact) mass is 223 g/mol. The van der Waals surface area contributed by atoms with Crippen LogP contribution in [0.4, 0.5) is 0 Å². The smallest absolute Gasteiger partial charge is 0.223 e. The van der Waals surface area contributed by atoms with Gasteiger partial charge in [-0.2, -0.15) is 0 Å². The van der Waals surface area contributed by atoms with Gasteiger partial charge >= 0.3 is 0 Å². The molecule has 0 aliphatic carbocycles. The van der Waals surface area contributed by atoms with E-state index in [0.717, 1.165) is 6.08 Å². The Bertz CT molecular complexity index is 392. The van der Waals surface area contributed by atoms with E-state index < -0.39 is 23.7 Å². The molecule has 1 aromatic rings. The summed E-state index contributed by atoms with van der Waals surface area (Å²) in [4.78, 5) is 22.6. The fourth-order valence-corrected chi connectivity index (χ4v) is 1.01. The van der Waals surface area contributed by atoms with Crippen LogP contribution in [-0.4, -0.2) is 28.8 Å². The average Bonchev–Trinajstić information content (AvgIpc) is 2.76. The minimum atomic E-state index is -1.19. The van der Waals surface area contributed by atoms with E-state index in [4.69, 9.17) is 15.3 Å². The third-order valence-corrected chi connectivity index (χ3v) is 2.01. The Labute approximate surface area is 92.5 Å². The fraction of sp³-hybridized carbons (Fsp3) is 0.273. The lowest BCUT2D eigenvalue weighted by Crippen LogP contribution is -2.43. The van der Waals surface area contributed by atoms with Crippen LogP contribution in [0.3, 0.4) is 0 Å². The van der Waals surface area contributed by atoms with Crippen LogP contribution in [0.2, 0.25) is 0 Å². The molecule has 1 heterocycles. The van der Waals surface area contributed by atoms with E-state index in [1.165, 1.54) is 19.3 Å². The highest BCUT2D eigenvalue weighted by Gasteiger charge is 2.23. The van der Waals surface area contributed by atoms with Gasteiger partial charge in [0.25, 0.3) is 0 Å². The van der Waals surface area contributed by atoms with E-state index in [0.29, 0.717) is 5.76 Å². The van der Waals surface area contributed by atoms with Crippen molar-refractivity contribution in [2.45, 2.75) is 19.1 Å². The normalized spacial score (nSPS) is 14.9. The Balaban J connectivity index is 2.62. The molecule has 0 saturated carbocycles. The maximum absolute atomic E-state index is 11.3. The number of Topliss-reactive ketones (excluding diaryl/α,β-unsaturated/α-hetero) is 1. The Hall–Kier alpha value is -1.72. The minimum absolute atomic E-state index is 0.465. The lowest BCUT2D eigenvalue weighted by atomic mass is 10.0. The maximum atomic E-state index is 11.3. The SMILES string of the molecule is C[C@@H](O)[C@H](N)C(=O)C(=O)C=Cc1ccco1. The zero-order chi connectivity index (χ0) is 12.1. The molecule has 16 heavy (non-hydrogen) atoms. The Morgan fingerprint density at radius 2 is 2.25 bits per heavy atom. The number of hydrogen-bond donors (Lipinski definition) is 2. The molecule has 5 heteroatoms. The number of furan rings is 1. The summed E-state index contributed by atoms with van der Waals surface area (Å²) in [7, 11) is 0. The van der Waals surface area contributed by atoms with Gasteiger partial charge in [-0.15, -0.1) is 0 Å². The molecule has 86 valence electrons. The van der Waals surface area contributed by atoms with Gasteiger partial charge in [0, 0.05) is 0 Å². The standard InChI is InChI=1S/C11H13NO4/c1-7(13)10(12)11(15)9(14)5-4-8-3-2-6-16-8/h2-7,10,13H,12H2,1H3/t7-,10+/m1/s1. The summed E-state index contributed by atoms with van der Waals surface area (Å²) in [5.41, 5.74) is 5.33. The van der Waals surface area contributed by atoms with Crippen LogP contribution in [0.5, 0.6) is 0 Å². The first-order valence-electron chi connectivity index (χ1n) is 4.75. The van der Waals surface area contributed by atoms with Gasteiger partial charge in [0.15, 0.2) is 0 Å². The van der Waals surface area contributed by atoms with E-state index in [2.05, 4.69) is 0 Å². The van der Waals surface area contributed by atoms with Gasteiger partial charge < -0.3 is 15.3 Å². The Morgan fingerprint density at radius 1 is 1.56 bits per heavy atom. The molecule has 3 N–H and O–H groups in total. The molecule has 0 fully saturated rings. The molecule has 0 saturated heterocycles. The van der Waals surface area contributed by atoms with E-state index in [9.17, 15) is 9.59 Å². The van der Waals surface area contributed by atoms with Crippen molar-refractivity contribution in [1.29, 1.82) is 0 Å². The molecule has 1 aromatic heterocycles. The molecule has 0 amide bonds. The molecule has 0 spiro atoms. The van der Waals surface area contributed by atoms with Crippen LogP contribution in [0.25, 0.3) is 6.08 Å². The van der Waals surface area contributed by atoms with Gasteiger partial charge in [0.05, 0.1) is 18.4 Å². The number of aliphatic hydroxyl groups excluding tert-OH is 1. The number of carbonyl (C=O) groups excluding carboxylic acids is 2. The number of allylic oxidation sites excluding steroid dienone is 1. The molecule has 0 radical (unpaired) electrons. The summed E-state index contributed by atoms with van der Waals surface area (Å²) in [6.45, 7) is 1.35. The van der Waals surface area contributed by atoms with Crippen molar-refractivity contribution >= 4 is 17.6 Å². The van der Waals surface area contributed by atoms with E-state index in [-0.39, 0.29) is 0 Å². The highest BCUT2D eigenvalue weighted by molar-refractivity contribution is 6.44. The first-order valence-corrected chi connectivity index (χ1v) is 4.75. The van der Waals surface area contributed by atoms with Gasteiger partial charge in [-0.25, -0.2) is 0 Å². The van der Waals surface area contributed by atoms with Crippen molar-refractivity contribution in [3.63, 3.8) is 0 Å². The first kappa shape index (κ1) is 12.4. The first-order chi connectivity index (χ1) is 7.52. The molecule has 0 aliphatic heterocycles. The molecule has 0 bridgehead atoms. The molecule has 0 aliphatic rings. The predicted octanol–water partition coefficient (Wildman–Crippen LogP) is 0.139. The number of rotatable bonds is 5. The molecule has 0 unspecified atom stereocenters. The predicted molar refractivity (Wildman–Crippen MR) is 57.4 cm³/mol. The van der Waals surface area contributed by atoms with Crippen LogP contribution < -0.4 is 5.73 Å². The maximum Gasteiger partial charge on any atom is 0.223 e. The highest BCUT2D eigenvalue weighted by Crippen LogP contribution is 2.03. The topological polar surface area (TPSA) is 93.5 Å². The lowest BCUT2D eigenvalue weighted by molar-refractivity contribution is -0.135. The summed E-state index contributed by atoms with van der Waals surface area (Å²) in [6, 6.07) is 2.12. The lowest BCUT2D eigenvalue weighted by Gasteiger charge is -2.10. The van der Waals surface area contributed by atoms with Gasteiger partial charge in [-0.1, -0.05) is 0 Å². The van der Waals surface area contributed by atoms with E-state index in [1.807, 2.05) is 0 Å².